The number of alkyl halides is 1. The maximum absolute atomic E-state index is 2.44. The molecule has 0 amide bonds. The zero-order valence-corrected chi connectivity index (χ0v) is 11.0. The Balaban J connectivity index is 2.62. The van der Waals surface area contributed by atoms with Gasteiger partial charge in [0.15, 0.2) is 0 Å². The van der Waals surface area contributed by atoms with E-state index < -0.39 is 0 Å². The molecule has 0 heterocycles. The van der Waals surface area contributed by atoms with Crippen LogP contribution in [0.4, 0.5) is 0 Å². The van der Waals surface area contributed by atoms with Crippen molar-refractivity contribution < 1.29 is 0 Å². The molecule has 0 aliphatic carbocycles. The van der Waals surface area contributed by atoms with Crippen LogP contribution in [0.5, 0.6) is 0 Å². The van der Waals surface area contributed by atoms with Crippen molar-refractivity contribution in [1.82, 2.24) is 0 Å². The molecule has 1 aromatic carbocycles. The van der Waals surface area contributed by atoms with Gasteiger partial charge in [0.25, 0.3) is 0 Å². The highest BCUT2D eigenvalue weighted by atomic mass is 127. The lowest BCUT2D eigenvalue weighted by Gasteiger charge is -2.02. The summed E-state index contributed by atoms with van der Waals surface area (Å²) in [5.74, 6) is 0. The van der Waals surface area contributed by atoms with Gasteiger partial charge in [-0.25, -0.2) is 0 Å². The van der Waals surface area contributed by atoms with Gasteiger partial charge in [-0.3, -0.25) is 0 Å². The molecule has 60 valence electrons. The van der Waals surface area contributed by atoms with Crippen LogP contribution in [-0.2, 0) is 6.42 Å². The maximum atomic E-state index is 2.44. The van der Waals surface area contributed by atoms with Gasteiger partial charge in [-0.05, 0) is 22.8 Å². The molecule has 0 aromatic heterocycles. The van der Waals surface area contributed by atoms with Crippen molar-refractivity contribution >= 4 is 38.0 Å². The number of rotatable bonds is 3. The Kier molecular flexibility index (Phi) is 4.15. The van der Waals surface area contributed by atoms with Gasteiger partial charge in [-0.2, -0.15) is 0 Å². The van der Waals surface area contributed by atoms with Crippen LogP contribution in [0.1, 0.15) is 12.0 Å². The van der Waals surface area contributed by atoms with Gasteiger partial charge >= 0.3 is 0 Å². The molecule has 0 atom stereocenters. The van der Waals surface area contributed by atoms with E-state index in [0.717, 1.165) is 0 Å². The summed E-state index contributed by atoms with van der Waals surface area (Å²) in [7, 11) is 1.19. The second-order valence-corrected chi connectivity index (χ2v) is 4.88. The molecule has 2 heteroatoms. The van der Waals surface area contributed by atoms with Crippen molar-refractivity contribution in [3.05, 3.63) is 29.8 Å². The first kappa shape index (κ1) is 9.26. The minimum Gasteiger partial charge on any atom is -0.0864 e. The van der Waals surface area contributed by atoms with Crippen LogP contribution in [0.25, 0.3) is 0 Å². The minimum absolute atomic E-state index is 1.19. The average Bonchev–Trinajstić information content (AvgIpc) is 2.03. The molecule has 0 saturated carbocycles. The summed E-state index contributed by atoms with van der Waals surface area (Å²) in [6.45, 7) is 0. The fraction of sp³-hybridized carbons (Fsp3) is 0.333. The quantitative estimate of drug-likeness (QED) is 0.440. The Morgan fingerprint density at radius 2 is 2.00 bits per heavy atom. The third kappa shape index (κ3) is 2.95. The highest BCUT2D eigenvalue weighted by Gasteiger charge is 1.94. The lowest BCUT2D eigenvalue weighted by molar-refractivity contribution is 0.952. The Hall–Kier alpha value is 0.167. The summed E-state index contributed by atoms with van der Waals surface area (Å²) >= 11 is 2.44. The second kappa shape index (κ2) is 4.93. The first-order valence-electron chi connectivity index (χ1n) is 3.95. The van der Waals surface area contributed by atoms with Crippen LogP contribution in [0.15, 0.2) is 24.3 Å². The van der Waals surface area contributed by atoms with E-state index >= 15 is 0 Å². The van der Waals surface area contributed by atoms with E-state index in [-0.39, 0.29) is 0 Å². The van der Waals surface area contributed by atoms with Crippen molar-refractivity contribution in [1.29, 1.82) is 0 Å². The summed E-state index contributed by atoms with van der Waals surface area (Å²) in [5, 5.41) is 1.57. The predicted molar refractivity (Wildman–Crippen MR) is 63.2 cm³/mol. The first-order chi connectivity index (χ1) is 5.34. The number of benzene rings is 1. The summed E-state index contributed by atoms with van der Waals surface area (Å²) in [6, 6.07) is 8.78. The molecular weight excluding hydrogens is 263 g/mol. The Morgan fingerprint density at radius 3 is 2.64 bits per heavy atom. The maximum Gasteiger partial charge on any atom is 0.0388 e. The zero-order chi connectivity index (χ0) is 8.10. The van der Waals surface area contributed by atoms with Crippen molar-refractivity contribution in [2.45, 2.75) is 12.8 Å². The van der Waals surface area contributed by atoms with Crippen LogP contribution >= 0.6 is 22.6 Å². The Morgan fingerprint density at radius 1 is 1.27 bits per heavy atom. The molecule has 0 N–H and O–H groups in total. The molecule has 0 aliphatic heterocycles. The largest absolute Gasteiger partial charge is 0.0864 e. The number of aryl methyl sites for hydroxylation is 1. The monoisotopic (exact) mass is 276 g/mol. The minimum atomic E-state index is 1.19. The van der Waals surface area contributed by atoms with Crippen molar-refractivity contribution in [2.75, 3.05) is 4.43 Å². The second-order valence-electron chi connectivity index (χ2n) is 2.72. The summed E-state index contributed by atoms with van der Waals surface area (Å²) < 4.78 is 1.27. The molecule has 1 aromatic rings. The van der Waals surface area contributed by atoms with E-state index in [9.17, 15) is 0 Å². The highest BCUT2D eigenvalue weighted by molar-refractivity contribution is 14.1. The van der Waals surface area contributed by atoms with E-state index in [1.165, 1.54) is 27.5 Å². The van der Waals surface area contributed by atoms with Gasteiger partial charge < -0.3 is 0 Å². The number of hydrogen-bond acceptors (Lipinski definition) is 0. The van der Waals surface area contributed by atoms with Crippen LogP contribution in [0.2, 0.25) is 0 Å². The molecule has 0 radical (unpaired) electrons. The zero-order valence-electron chi connectivity index (χ0n) is 6.81. The third-order valence-corrected chi connectivity index (χ3v) is 3.58. The molecule has 0 fully saturated rings. The Labute approximate surface area is 85.0 Å². The van der Waals surface area contributed by atoms with Gasteiger partial charge in [0.2, 0.25) is 0 Å². The molecule has 0 spiro atoms. The molecule has 0 unspecified atom stereocenters. The van der Waals surface area contributed by atoms with Crippen LogP contribution in [-0.4, -0.2) is 14.7 Å². The number of halogens is 1. The molecule has 0 saturated heterocycles. The normalized spacial score (nSPS) is 10.3. The van der Waals surface area contributed by atoms with E-state index in [0.29, 0.717) is 0 Å². The molecule has 0 bridgehead atoms. The van der Waals surface area contributed by atoms with Crippen molar-refractivity contribution in [3.8, 4) is 0 Å². The molecule has 0 aliphatic rings. The molecule has 0 nitrogen and oxygen atoms in total. The summed E-state index contributed by atoms with van der Waals surface area (Å²) in [4.78, 5) is 0. The summed E-state index contributed by atoms with van der Waals surface area (Å²) in [5.41, 5.74) is 1.57. The van der Waals surface area contributed by atoms with Crippen molar-refractivity contribution in [2.24, 2.45) is 0 Å². The average molecular weight is 276 g/mol. The van der Waals surface area contributed by atoms with Gasteiger partial charge in [0, 0.05) is 10.2 Å². The lowest BCUT2D eigenvalue weighted by Crippen LogP contribution is -2.09. The fourth-order valence-corrected chi connectivity index (χ4v) is 2.14. The SMILES string of the molecule is [SiH3]c1ccccc1CCCI. The molecular formula is C9H13ISi. The van der Waals surface area contributed by atoms with Crippen LogP contribution < -0.4 is 5.19 Å². The number of hydrogen-bond donors (Lipinski definition) is 0. The van der Waals surface area contributed by atoms with Gasteiger partial charge in [0.1, 0.15) is 0 Å². The lowest BCUT2D eigenvalue weighted by atomic mass is 10.1. The van der Waals surface area contributed by atoms with Gasteiger partial charge in [-0.15, -0.1) is 0 Å². The molecule has 11 heavy (non-hydrogen) atoms. The Bertz CT molecular complexity index is 223. The fourth-order valence-electron chi connectivity index (χ4n) is 1.15. The topological polar surface area (TPSA) is 0 Å². The third-order valence-electron chi connectivity index (χ3n) is 1.84. The highest BCUT2D eigenvalue weighted by Crippen LogP contribution is 2.00. The van der Waals surface area contributed by atoms with Crippen molar-refractivity contribution in [3.63, 3.8) is 0 Å². The van der Waals surface area contributed by atoms with Gasteiger partial charge in [0.05, 0.1) is 0 Å². The smallest absolute Gasteiger partial charge is 0.0388 e. The summed E-state index contributed by atoms with van der Waals surface area (Å²) in [6.07, 6.45) is 2.59. The van der Waals surface area contributed by atoms with E-state index in [1.807, 2.05) is 0 Å². The first-order valence-corrected chi connectivity index (χ1v) is 6.47. The molecule has 1 rings (SSSR count). The van der Waals surface area contributed by atoms with E-state index in [2.05, 4.69) is 46.9 Å². The van der Waals surface area contributed by atoms with E-state index in [1.54, 1.807) is 10.8 Å². The predicted octanol–water partition coefficient (Wildman–Crippen LogP) is 1.04. The van der Waals surface area contributed by atoms with Gasteiger partial charge in [-0.1, -0.05) is 52.0 Å². The standard InChI is InChI=1S/C9H13ISi/c10-7-3-5-8-4-1-2-6-9(8)11/h1-2,4,6H,3,5,7H2,11H3. The van der Waals surface area contributed by atoms with Crippen LogP contribution in [0.3, 0.4) is 0 Å². The van der Waals surface area contributed by atoms with Crippen LogP contribution in [0, 0.1) is 0 Å². The van der Waals surface area contributed by atoms with E-state index in [4.69, 9.17) is 0 Å².